The molecule has 0 unspecified atom stereocenters. The summed E-state index contributed by atoms with van der Waals surface area (Å²) in [5.41, 5.74) is 1.95. The number of rotatable bonds is 3. The molecule has 1 aliphatic rings. The van der Waals surface area contributed by atoms with Crippen LogP contribution >= 0.6 is 0 Å². The van der Waals surface area contributed by atoms with Gasteiger partial charge in [0, 0.05) is 18.7 Å². The predicted octanol–water partition coefficient (Wildman–Crippen LogP) is 2.75. The first-order chi connectivity index (χ1) is 9.36. The van der Waals surface area contributed by atoms with Crippen LogP contribution in [0.5, 0.6) is 5.75 Å². The summed E-state index contributed by atoms with van der Waals surface area (Å²) >= 11 is 0. The molecule has 0 amide bonds. The first-order valence-electron chi connectivity index (χ1n) is 6.60. The van der Waals surface area contributed by atoms with Gasteiger partial charge < -0.3 is 9.64 Å². The maximum atomic E-state index is 5.15. The summed E-state index contributed by atoms with van der Waals surface area (Å²) in [6.07, 6.45) is 2.50. The molecular formula is C15H17N3O. The molecule has 2 aromatic rings. The smallest absolute Gasteiger partial charge is 0.151 e. The molecule has 0 radical (unpaired) electrons. The molecule has 19 heavy (non-hydrogen) atoms. The molecule has 4 nitrogen and oxygen atoms in total. The van der Waals surface area contributed by atoms with E-state index in [2.05, 4.69) is 21.2 Å². The highest BCUT2D eigenvalue weighted by molar-refractivity contribution is 5.60. The molecule has 2 heterocycles. The molecule has 0 saturated carbocycles. The van der Waals surface area contributed by atoms with E-state index >= 15 is 0 Å². The van der Waals surface area contributed by atoms with Crippen LogP contribution in [-0.2, 0) is 0 Å². The number of aromatic nitrogens is 2. The highest BCUT2D eigenvalue weighted by Crippen LogP contribution is 2.22. The number of hydrogen-bond donors (Lipinski definition) is 0. The average molecular weight is 255 g/mol. The van der Waals surface area contributed by atoms with Gasteiger partial charge in [0.1, 0.15) is 5.75 Å². The summed E-state index contributed by atoms with van der Waals surface area (Å²) in [7, 11) is 1.67. The standard InChI is InChI=1S/C15H17N3O/c1-19-13-6-4-12(5-7-13)14-8-9-15(17-16-14)18-10-2-3-11-18/h4-9H,2-3,10-11H2,1H3. The minimum absolute atomic E-state index is 0.852. The zero-order valence-corrected chi connectivity index (χ0v) is 11.0. The second-order valence-corrected chi connectivity index (χ2v) is 4.70. The zero-order chi connectivity index (χ0) is 13.1. The van der Waals surface area contributed by atoms with Crippen molar-refractivity contribution in [3.05, 3.63) is 36.4 Å². The van der Waals surface area contributed by atoms with E-state index < -0.39 is 0 Å². The van der Waals surface area contributed by atoms with Crippen LogP contribution < -0.4 is 9.64 Å². The van der Waals surface area contributed by atoms with E-state index in [4.69, 9.17) is 4.74 Å². The van der Waals surface area contributed by atoms with E-state index in [1.165, 1.54) is 12.8 Å². The minimum atomic E-state index is 0.852. The Morgan fingerprint density at radius 1 is 0.947 bits per heavy atom. The van der Waals surface area contributed by atoms with Gasteiger partial charge in [0.05, 0.1) is 12.8 Å². The van der Waals surface area contributed by atoms with E-state index in [1.54, 1.807) is 7.11 Å². The van der Waals surface area contributed by atoms with Crippen molar-refractivity contribution in [3.63, 3.8) is 0 Å². The van der Waals surface area contributed by atoms with Gasteiger partial charge in [0.15, 0.2) is 5.82 Å². The molecule has 0 bridgehead atoms. The van der Waals surface area contributed by atoms with Crippen molar-refractivity contribution in [2.45, 2.75) is 12.8 Å². The third kappa shape index (κ3) is 2.52. The van der Waals surface area contributed by atoms with Crippen molar-refractivity contribution >= 4 is 5.82 Å². The monoisotopic (exact) mass is 255 g/mol. The summed E-state index contributed by atoms with van der Waals surface area (Å²) in [5.74, 6) is 1.83. The minimum Gasteiger partial charge on any atom is -0.497 e. The normalized spacial score (nSPS) is 14.7. The lowest BCUT2D eigenvalue weighted by Crippen LogP contribution is -2.19. The molecule has 4 heteroatoms. The lowest BCUT2D eigenvalue weighted by atomic mass is 10.1. The van der Waals surface area contributed by atoms with Crippen LogP contribution in [0.2, 0.25) is 0 Å². The van der Waals surface area contributed by atoms with Crippen LogP contribution in [0.4, 0.5) is 5.82 Å². The van der Waals surface area contributed by atoms with Gasteiger partial charge in [-0.15, -0.1) is 10.2 Å². The topological polar surface area (TPSA) is 38.2 Å². The molecule has 1 fully saturated rings. The summed E-state index contributed by atoms with van der Waals surface area (Å²) in [6, 6.07) is 12.0. The average Bonchev–Trinajstić information content (AvgIpc) is 3.02. The number of ether oxygens (including phenoxy) is 1. The highest BCUT2D eigenvalue weighted by Gasteiger charge is 2.13. The van der Waals surface area contributed by atoms with Gasteiger partial charge >= 0.3 is 0 Å². The molecule has 0 atom stereocenters. The molecule has 1 aliphatic heterocycles. The zero-order valence-electron chi connectivity index (χ0n) is 11.0. The molecule has 1 saturated heterocycles. The van der Waals surface area contributed by atoms with Gasteiger partial charge in [-0.25, -0.2) is 0 Å². The second-order valence-electron chi connectivity index (χ2n) is 4.70. The van der Waals surface area contributed by atoms with Crippen LogP contribution in [0.15, 0.2) is 36.4 Å². The second kappa shape index (κ2) is 5.26. The molecular weight excluding hydrogens is 238 g/mol. The van der Waals surface area contributed by atoms with Gasteiger partial charge in [-0.3, -0.25) is 0 Å². The van der Waals surface area contributed by atoms with Gasteiger partial charge in [0.2, 0.25) is 0 Å². The van der Waals surface area contributed by atoms with Crippen molar-refractivity contribution in [2.24, 2.45) is 0 Å². The Hall–Kier alpha value is -2.10. The van der Waals surface area contributed by atoms with Crippen LogP contribution in [0, 0.1) is 0 Å². The van der Waals surface area contributed by atoms with Crippen LogP contribution in [-0.4, -0.2) is 30.4 Å². The third-order valence-electron chi connectivity index (χ3n) is 3.47. The quantitative estimate of drug-likeness (QED) is 0.845. The predicted molar refractivity (Wildman–Crippen MR) is 75.5 cm³/mol. The maximum absolute atomic E-state index is 5.15. The van der Waals surface area contributed by atoms with Crippen molar-refractivity contribution in [1.29, 1.82) is 0 Å². The van der Waals surface area contributed by atoms with E-state index in [9.17, 15) is 0 Å². The van der Waals surface area contributed by atoms with Crippen molar-refractivity contribution in [3.8, 4) is 17.0 Å². The van der Waals surface area contributed by atoms with Gasteiger partial charge in [-0.1, -0.05) is 0 Å². The highest BCUT2D eigenvalue weighted by atomic mass is 16.5. The molecule has 0 aliphatic carbocycles. The number of methoxy groups -OCH3 is 1. The first-order valence-corrected chi connectivity index (χ1v) is 6.60. The largest absolute Gasteiger partial charge is 0.497 e. The van der Waals surface area contributed by atoms with E-state index in [-0.39, 0.29) is 0 Å². The van der Waals surface area contributed by atoms with Gasteiger partial charge in [-0.05, 0) is 49.2 Å². The van der Waals surface area contributed by atoms with E-state index in [0.29, 0.717) is 0 Å². The molecule has 0 spiro atoms. The maximum Gasteiger partial charge on any atom is 0.151 e. The van der Waals surface area contributed by atoms with Gasteiger partial charge in [0.25, 0.3) is 0 Å². The van der Waals surface area contributed by atoms with Crippen molar-refractivity contribution in [2.75, 3.05) is 25.1 Å². The molecule has 3 rings (SSSR count). The van der Waals surface area contributed by atoms with E-state index in [0.717, 1.165) is 35.9 Å². The van der Waals surface area contributed by atoms with Crippen LogP contribution in [0.3, 0.4) is 0 Å². The Balaban J connectivity index is 1.80. The summed E-state index contributed by atoms with van der Waals surface area (Å²) in [5, 5.41) is 8.64. The Bertz CT molecular complexity index is 530. The van der Waals surface area contributed by atoms with Crippen molar-refractivity contribution in [1.82, 2.24) is 10.2 Å². The van der Waals surface area contributed by atoms with Crippen LogP contribution in [0.1, 0.15) is 12.8 Å². The summed E-state index contributed by atoms with van der Waals surface area (Å²) in [6.45, 7) is 2.19. The Kier molecular flexibility index (Phi) is 3.31. The number of anilines is 1. The third-order valence-corrected chi connectivity index (χ3v) is 3.47. The Morgan fingerprint density at radius 2 is 1.68 bits per heavy atom. The summed E-state index contributed by atoms with van der Waals surface area (Å²) in [4.78, 5) is 2.28. The van der Waals surface area contributed by atoms with Gasteiger partial charge in [-0.2, -0.15) is 0 Å². The first kappa shape index (κ1) is 12.0. The fraction of sp³-hybridized carbons (Fsp3) is 0.333. The SMILES string of the molecule is COc1ccc(-c2ccc(N3CCCC3)nn2)cc1. The summed E-state index contributed by atoms with van der Waals surface area (Å²) < 4.78 is 5.15. The van der Waals surface area contributed by atoms with Crippen LogP contribution in [0.25, 0.3) is 11.3 Å². The Labute approximate surface area is 113 Å². The Morgan fingerprint density at radius 3 is 2.26 bits per heavy atom. The van der Waals surface area contributed by atoms with Crippen molar-refractivity contribution < 1.29 is 4.74 Å². The fourth-order valence-corrected chi connectivity index (χ4v) is 2.36. The number of benzene rings is 1. The fourth-order valence-electron chi connectivity index (χ4n) is 2.36. The lowest BCUT2D eigenvalue weighted by Gasteiger charge is -2.15. The number of hydrogen-bond acceptors (Lipinski definition) is 4. The molecule has 98 valence electrons. The molecule has 1 aromatic heterocycles. The molecule has 0 N–H and O–H groups in total. The number of nitrogens with zero attached hydrogens (tertiary/aromatic N) is 3. The molecule has 1 aromatic carbocycles. The lowest BCUT2D eigenvalue weighted by molar-refractivity contribution is 0.415. The van der Waals surface area contributed by atoms with E-state index in [1.807, 2.05) is 30.3 Å².